The van der Waals surface area contributed by atoms with E-state index in [0.29, 0.717) is 0 Å². The number of tetrazole rings is 1. The number of nitrogens with two attached hydrogens (primary N) is 1. The van der Waals surface area contributed by atoms with Crippen molar-refractivity contribution in [2.45, 2.75) is 0 Å². The zero-order valence-electron chi connectivity index (χ0n) is 9.19. The van der Waals surface area contributed by atoms with Gasteiger partial charge in [0, 0.05) is 5.39 Å². The summed E-state index contributed by atoms with van der Waals surface area (Å²) in [6.07, 6.45) is 1.27. The van der Waals surface area contributed by atoms with Gasteiger partial charge in [0.15, 0.2) is 12.1 Å². The van der Waals surface area contributed by atoms with Crippen LogP contribution < -0.4 is 5.73 Å². The fourth-order valence-corrected chi connectivity index (χ4v) is 1.70. The van der Waals surface area contributed by atoms with Gasteiger partial charge >= 0.3 is 0 Å². The Bertz CT molecular complexity index is 721. The number of primary amides is 1. The van der Waals surface area contributed by atoms with Crippen molar-refractivity contribution in [2.75, 3.05) is 0 Å². The SMILES string of the molecule is NC(=O)c1cc2ccccc2nc1-n1ncnn1. The van der Waals surface area contributed by atoms with E-state index in [0.717, 1.165) is 10.9 Å². The minimum absolute atomic E-state index is 0.256. The number of rotatable bonds is 2. The van der Waals surface area contributed by atoms with Crippen molar-refractivity contribution in [3.05, 3.63) is 42.2 Å². The second-order valence-electron chi connectivity index (χ2n) is 3.64. The van der Waals surface area contributed by atoms with Crippen LogP contribution in [0.5, 0.6) is 0 Å². The Morgan fingerprint density at radius 3 is 2.83 bits per heavy atom. The fraction of sp³-hybridized carbons (Fsp3) is 0. The molecule has 0 spiro atoms. The summed E-state index contributed by atoms with van der Waals surface area (Å²) < 4.78 is 0. The van der Waals surface area contributed by atoms with Gasteiger partial charge in [-0.05, 0) is 17.3 Å². The van der Waals surface area contributed by atoms with Crippen molar-refractivity contribution in [2.24, 2.45) is 5.73 Å². The molecule has 0 fully saturated rings. The Morgan fingerprint density at radius 1 is 1.28 bits per heavy atom. The maximum Gasteiger partial charge on any atom is 0.252 e. The molecule has 3 rings (SSSR count). The lowest BCUT2D eigenvalue weighted by atomic mass is 10.1. The number of carbonyl (C=O) groups is 1. The van der Waals surface area contributed by atoms with Gasteiger partial charge < -0.3 is 5.73 Å². The lowest BCUT2D eigenvalue weighted by molar-refractivity contribution is 0.1000. The minimum Gasteiger partial charge on any atom is -0.365 e. The highest BCUT2D eigenvalue weighted by atomic mass is 16.1. The van der Waals surface area contributed by atoms with Gasteiger partial charge in [-0.1, -0.05) is 18.2 Å². The van der Waals surface area contributed by atoms with Crippen molar-refractivity contribution in [1.82, 2.24) is 25.2 Å². The minimum atomic E-state index is -0.583. The fourth-order valence-electron chi connectivity index (χ4n) is 1.70. The van der Waals surface area contributed by atoms with E-state index in [-0.39, 0.29) is 11.4 Å². The first-order valence-corrected chi connectivity index (χ1v) is 5.18. The molecule has 0 aliphatic carbocycles. The van der Waals surface area contributed by atoms with Gasteiger partial charge in [0.25, 0.3) is 5.91 Å². The highest BCUT2D eigenvalue weighted by molar-refractivity contribution is 5.99. The third-order valence-electron chi connectivity index (χ3n) is 2.51. The highest BCUT2D eigenvalue weighted by Gasteiger charge is 2.14. The summed E-state index contributed by atoms with van der Waals surface area (Å²) in [6, 6.07) is 9.08. The molecule has 1 amide bonds. The van der Waals surface area contributed by atoms with Crippen LogP contribution in [0.4, 0.5) is 0 Å². The first kappa shape index (κ1) is 10.3. The predicted molar refractivity (Wildman–Crippen MR) is 63.0 cm³/mol. The number of para-hydroxylation sites is 1. The van der Waals surface area contributed by atoms with Gasteiger partial charge in [-0.2, -0.15) is 0 Å². The zero-order chi connectivity index (χ0) is 12.5. The van der Waals surface area contributed by atoms with E-state index in [9.17, 15) is 4.79 Å². The molecular weight excluding hydrogens is 232 g/mol. The third-order valence-corrected chi connectivity index (χ3v) is 2.51. The molecule has 0 saturated carbocycles. The average molecular weight is 240 g/mol. The summed E-state index contributed by atoms with van der Waals surface area (Å²) in [5, 5.41) is 12.0. The summed E-state index contributed by atoms with van der Waals surface area (Å²) in [5.74, 6) is -0.306. The molecule has 2 aromatic heterocycles. The van der Waals surface area contributed by atoms with Crippen LogP contribution in [-0.2, 0) is 0 Å². The molecule has 0 aliphatic rings. The maximum atomic E-state index is 11.5. The summed E-state index contributed by atoms with van der Waals surface area (Å²) in [4.78, 5) is 17.0. The Morgan fingerprint density at radius 2 is 2.11 bits per heavy atom. The molecule has 0 aliphatic heterocycles. The molecule has 0 unspecified atom stereocenters. The van der Waals surface area contributed by atoms with Gasteiger partial charge in [-0.15, -0.1) is 15.0 Å². The predicted octanol–water partition coefficient (Wildman–Crippen LogP) is 0.309. The van der Waals surface area contributed by atoms with Gasteiger partial charge in [-0.3, -0.25) is 4.79 Å². The second-order valence-corrected chi connectivity index (χ2v) is 3.64. The maximum absolute atomic E-state index is 11.5. The largest absolute Gasteiger partial charge is 0.365 e. The molecule has 7 nitrogen and oxygen atoms in total. The molecule has 0 radical (unpaired) electrons. The smallest absolute Gasteiger partial charge is 0.252 e. The first-order chi connectivity index (χ1) is 8.75. The Hall–Kier alpha value is -2.83. The van der Waals surface area contributed by atoms with Crippen LogP contribution >= 0.6 is 0 Å². The lowest BCUT2D eigenvalue weighted by Gasteiger charge is -2.06. The van der Waals surface area contributed by atoms with E-state index in [1.165, 1.54) is 11.1 Å². The van der Waals surface area contributed by atoms with E-state index in [1.807, 2.05) is 24.3 Å². The van der Waals surface area contributed by atoms with Crippen LogP contribution in [0.1, 0.15) is 10.4 Å². The molecule has 2 N–H and O–H groups in total. The number of hydrogen-bond acceptors (Lipinski definition) is 5. The Balaban J connectivity index is 2.34. The molecule has 3 aromatic rings. The average Bonchev–Trinajstić information content (AvgIpc) is 2.91. The molecule has 2 heterocycles. The van der Waals surface area contributed by atoms with Crippen LogP contribution in [0.25, 0.3) is 16.7 Å². The van der Waals surface area contributed by atoms with E-state index in [4.69, 9.17) is 5.73 Å². The number of pyridine rings is 1. The van der Waals surface area contributed by atoms with Gasteiger partial charge in [0.05, 0.1) is 11.1 Å². The summed E-state index contributed by atoms with van der Waals surface area (Å²) in [6.45, 7) is 0. The second kappa shape index (κ2) is 3.88. The molecule has 0 atom stereocenters. The molecule has 0 saturated heterocycles. The number of aromatic nitrogens is 5. The summed E-state index contributed by atoms with van der Waals surface area (Å²) >= 11 is 0. The van der Waals surface area contributed by atoms with Crippen molar-refractivity contribution in [3.63, 3.8) is 0 Å². The number of nitrogens with zero attached hydrogens (tertiary/aromatic N) is 5. The molecule has 18 heavy (non-hydrogen) atoms. The standard InChI is InChI=1S/C11H8N6O/c12-10(18)8-5-7-3-1-2-4-9(7)15-11(8)17-14-6-13-16-17/h1-6H,(H2,12,18). The van der Waals surface area contributed by atoms with E-state index >= 15 is 0 Å². The molecule has 88 valence electrons. The van der Waals surface area contributed by atoms with E-state index in [2.05, 4.69) is 20.4 Å². The monoisotopic (exact) mass is 240 g/mol. The van der Waals surface area contributed by atoms with Crippen LogP contribution in [0.15, 0.2) is 36.7 Å². The molecule has 0 bridgehead atoms. The number of hydrogen-bond donors (Lipinski definition) is 1. The number of carbonyl (C=O) groups excluding carboxylic acids is 1. The lowest BCUT2D eigenvalue weighted by Crippen LogP contribution is -2.17. The van der Waals surface area contributed by atoms with Crippen LogP contribution in [0.2, 0.25) is 0 Å². The normalized spacial score (nSPS) is 10.7. The van der Waals surface area contributed by atoms with Crippen LogP contribution in [-0.4, -0.2) is 31.1 Å². The number of amides is 1. The van der Waals surface area contributed by atoms with Crippen LogP contribution in [0, 0.1) is 0 Å². The van der Waals surface area contributed by atoms with Crippen molar-refractivity contribution < 1.29 is 4.79 Å². The summed E-state index contributed by atoms with van der Waals surface area (Å²) in [7, 11) is 0. The highest BCUT2D eigenvalue weighted by Crippen LogP contribution is 2.18. The Kier molecular flexibility index (Phi) is 2.23. The number of benzene rings is 1. The topological polar surface area (TPSA) is 99.6 Å². The molecular formula is C11H8N6O. The van der Waals surface area contributed by atoms with Crippen molar-refractivity contribution in [1.29, 1.82) is 0 Å². The van der Waals surface area contributed by atoms with E-state index in [1.54, 1.807) is 6.07 Å². The van der Waals surface area contributed by atoms with Gasteiger partial charge in [-0.25, -0.2) is 4.98 Å². The van der Waals surface area contributed by atoms with Crippen molar-refractivity contribution >= 4 is 16.8 Å². The Labute approximate surface area is 101 Å². The van der Waals surface area contributed by atoms with Gasteiger partial charge in [0.1, 0.15) is 0 Å². The zero-order valence-corrected chi connectivity index (χ0v) is 9.19. The number of fused-ring (bicyclic) bond motifs is 1. The molecule has 1 aromatic carbocycles. The third kappa shape index (κ3) is 1.58. The first-order valence-electron chi connectivity index (χ1n) is 5.18. The van der Waals surface area contributed by atoms with Gasteiger partial charge in [0.2, 0.25) is 0 Å². The van der Waals surface area contributed by atoms with Crippen LogP contribution in [0.3, 0.4) is 0 Å². The molecule has 7 heteroatoms. The quantitative estimate of drug-likeness (QED) is 0.694. The summed E-state index contributed by atoms with van der Waals surface area (Å²) in [5.41, 5.74) is 6.33. The van der Waals surface area contributed by atoms with E-state index < -0.39 is 5.91 Å². The van der Waals surface area contributed by atoms with Crippen molar-refractivity contribution in [3.8, 4) is 5.82 Å².